The van der Waals surface area contributed by atoms with Gasteiger partial charge in [-0.1, -0.05) is 364 Å². The highest BCUT2D eigenvalue weighted by atomic mass is 31.2. The number of rotatable bonds is 78. The van der Waals surface area contributed by atoms with Gasteiger partial charge in [-0.25, -0.2) is 9.13 Å². The van der Waals surface area contributed by atoms with E-state index in [0.29, 0.717) is 37.5 Å². The number of hydrogen-bond donors (Lipinski definition) is 3. The molecule has 0 fully saturated rings. The van der Waals surface area contributed by atoms with Gasteiger partial charge in [-0.05, 0) is 49.4 Å². The highest BCUT2D eigenvalue weighted by Gasteiger charge is 2.30. The largest absolute Gasteiger partial charge is 0.472 e. The summed E-state index contributed by atoms with van der Waals surface area (Å²) in [5, 5.41) is 10.6. The Morgan fingerprint density at radius 2 is 0.480 bits per heavy atom. The third kappa shape index (κ3) is 73.0. The summed E-state index contributed by atoms with van der Waals surface area (Å²) in [4.78, 5) is 72.9. The Balaban J connectivity index is 5.16. The van der Waals surface area contributed by atoms with Gasteiger partial charge in [0.05, 0.1) is 26.4 Å². The summed E-state index contributed by atoms with van der Waals surface area (Å²) in [6.45, 7) is 14.2. The lowest BCUT2D eigenvalue weighted by molar-refractivity contribution is -0.161. The molecule has 0 aromatic heterocycles. The zero-order valence-corrected chi connectivity index (χ0v) is 67.6. The summed E-state index contributed by atoms with van der Waals surface area (Å²) >= 11 is 0. The van der Waals surface area contributed by atoms with Crippen molar-refractivity contribution in [1.29, 1.82) is 0 Å². The Bertz CT molecular complexity index is 1960. The summed E-state index contributed by atoms with van der Waals surface area (Å²) in [5.74, 6) is 0.976. The Morgan fingerprint density at radius 1 is 0.280 bits per heavy atom. The molecule has 0 radical (unpaired) electrons. The van der Waals surface area contributed by atoms with E-state index in [4.69, 9.17) is 37.0 Å². The number of phosphoric ester groups is 2. The van der Waals surface area contributed by atoms with Crippen LogP contribution in [0.1, 0.15) is 415 Å². The van der Waals surface area contributed by atoms with Gasteiger partial charge in [-0.2, -0.15) is 0 Å². The molecule has 0 aliphatic carbocycles. The Hall–Kier alpha value is -1.94. The maximum Gasteiger partial charge on any atom is 0.472 e. The lowest BCUT2D eigenvalue weighted by Gasteiger charge is -2.21. The van der Waals surface area contributed by atoms with Crippen molar-refractivity contribution in [3.63, 3.8) is 0 Å². The summed E-state index contributed by atoms with van der Waals surface area (Å²) in [5.41, 5.74) is 0. The van der Waals surface area contributed by atoms with E-state index >= 15 is 0 Å². The van der Waals surface area contributed by atoms with Crippen molar-refractivity contribution in [2.24, 2.45) is 23.7 Å². The number of carbonyl (C=O) groups is 4. The van der Waals surface area contributed by atoms with Gasteiger partial charge in [0.15, 0.2) is 12.2 Å². The van der Waals surface area contributed by atoms with Crippen molar-refractivity contribution < 1.29 is 80.2 Å². The van der Waals surface area contributed by atoms with Gasteiger partial charge in [-0.3, -0.25) is 37.3 Å². The van der Waals surface area contributed by atoms with Crippen LogP contribution in [-0.2, 0) is 65.4 Å². The maximum atomic E-state index is 13.1. The van der Waals surface area contributed by atoms with Gasteiger partial charge in [0.1, 0.15) is 19.3 Å². The highest BCUT2D eigenvalue weighted by molar-refractivity contribution is 7.47. The standard InChI is InChI=1S/C81H158O17P2/c1-9-74(8)60-52-44-36-27-23-19-16-17-20-24-28-37-45-53-61-78(83)91-67-76(98-81(86)64-56-48-39-31-30-34-42-50-58-72(4)5)69-95-99(87,88)93-65-75(82)66-94-100(89,90)96-70-77(68-92-79(84)62-54-46-40-32-35-43-51-59-73(6)7)97-80(85)63-55-47-38-29-25-21-15-13-11-10-12-14-18-22-26-33-41-49-57-71(2)3/h71-77,82H,9-70H2,1-8H3,(H,87,88)(H,89,90)/t74?,75?,76-,77-/m1/s1. The first-order valence-electron chi connectivity index (χ1n) is 41.7. The van der Waals surface area contributed by atoms with Crippen LogP contribution < -0.4 is 0 Å². The van der Waals surface area contributed by atoms with Crippen molar-refractivity contribution >= 4 is 39.5 Å². The van der Waals surface area contributed by atoms with Gasteiger partial charge in [-0.15, -0.1) is 0 Å². The van der Waals surface area contributed by atoms with Crippen LogP contribution in [0, 0.1) is 23.7 Å². The summed E-state index contributed by atoms with van der Waals surface area (Å²) < 4.78 is 68.6. The van der Waals surface area contributed by atoms with Crippen molar-refractivity contribution in [3.8, 4) is 0 Å². The molecule has 0 saturated heterocycles. The molecule has 17 nitrogen and oxygen atoms in total. The first-order valence-corrected chi connectivity index (χ1v) is 44.7. The molecule has 0 aromatic rings. The van der Waals surface area contributed by atoms with Crippen LogP contribution in [0.3, 0.4) is 0 Å². The van der Waals surface area contributed by atoms with E-state index in [1.54, 1.807) is 0 Å². The minimum Gasteiger partial charge on any atom is -0.462 e. The van der Waals surface area contributed by atoms with E-state index < -0.39 is 97.5 Å². The zero-order chi connectivity index (χ0) is 73.8. The van der Waals surface area contributed by atoms with Crippen LogP contribution in [0.15, 0.2) is 0 Å². The summed E-state index contributed by atoms with van der Waals surface area (Å²) in [6, 6.07) is 0. The molecular weight excluding hydrogens is 1310 g/mol. The van der Waals surface area contributed by atoms with Crippen molar-refractivity contribution in [1.82, 2.24) is 0 Å². The third-order valence-corrected chi connectivity index (χ3v) is 21.1. The minimum absolute atomic E-state index is 0.104. The molecule has 0 aliphatic heterocycles. The topological polar surface area (TPSA) is 237 Å². The third-order valence-electron chi connectivity index (χ3n) is 19.2. The second-order valence-electron chi connectivity index (χ2n) is 30.8. The average molecular weight is 1470 g/mol. The molecule has 594 valence electrons. The molecule has 0 saturated carbocycles. The molecule has 0 aliphatic rings. The second-order valence-corrected chi connectivity index (χ2v) is 33.7. The predicted octanol–water partition coefficient (Wildman–Crippen LogP) is 24.0. The van der Waals surface area contributed by atoms with Crippen LogP contribution in [0.2, 0.25) is 0 Å². The number of aliphatic hydroxyl groups is 1. The number of unbranched alkanes of at least 4 members (excludes halogenated alkanes) is 43. The van der Waals surface area contributed by atoms with Crippen molar-refractivity contribution in [2.75, 3.05) is 39.6 Å². The van der Waals surface area contributed by atoms with Crippen LogP contribution >= 0.6 is 15.6 Å². The fourth-order valence-electron chi connectivity index (χ4n) is 12.4. The average Bonchev–Trinajstić information content (AvgIpc) is 0.916. The van der Waals surface area contributed by atoms with Crippen LogP contribution in [0.4, 0.5) is 0 Å². The van der Waals surface area contributed by atoms with Gasteiger partial charge >= 0.3 is 39.5 Å². The molecule has 0 spiro atoms. The monoisotopic (exact) mass is 1470 g/mol. The molecule has 6 atom stereocenters. The first-order chi connectivity index (χ1) is 48.1. The van der Waals surface area contributed by atoms with Gasteiger partial charge in [0.25, 0.3) is 0 Å². The molecule has 4 unspecified atom stereocenters. The van der Waals surface area contributed by atoms with E-state index in [1.165, 1.54) is 212 Å². The molecule has 0 amide bonds. The molecule has 100 heavy (non-hydrogen) atoms. The smallest absolute Gasteiger partial charge is 0.462 e. The molecule has 0 heterocycles. The fourth-order valence-corrected chi connectivity index (χ4v) is 14.0. The lowest BCUT2D eigenvalue weighted by atomic mass is 9.99. The number of ether oxygens (including phenoxy) is 4. The van der Waals surface area contributed by atoms with Crippen molar-refractivity contribution in [2.45, 2.75) is 433 Å². The maximum absolute atomic E-state index is 13.1. The molecular formula is C81H158O17P2. The van der Waals surface area contributed by atoms with Crippen molar-refractivity contribution in [3.05, 3.63) is 0 Å². The quantitative estimate of drug-likeness (QED) is 0.0222. The number of aliphatic hydroxyl groups excluding tert-OH is 1. The van der Waals surface area contributed by atoms with Crippen LogP contribution in [0.25, 0.3) is 0 Å². The van der Waals surface area contributed by atoms with E-state index in [9.17, 15) is 43.2 Å². The molecule has 19 heteroatoms. The Kier molecular flexibility index (Phi) is 68.7. The number of phosphoric acid groups is 2. The zero-order valence-electron chi connectivity index (χ0n) is 65.8. The summed E-state index contributed by atoms with van der Waals surface area (Å²) in [7, 11) is -9.92. The lowest BCUT2D eigenvalue weighted by Crippen LogP contribution is -2.30. The van der Waals surface area contributed by atoms with Gasteiger partial charge in [0.2, 0.25) is 0 Å². The Labute approximate surface area is 613 Å². The van der Waals surface area contributed by atoms with E-state index in [1.807, 2.05) is 0 Å². The normalized spacial score (nSPS) is 14.3. The number of carbonyl (C=O) groups excluding carboxylic acids is 4. The molecule has 0 bridgehead atoms. The Morgan fingerprint density at radius 3 is 0.710 bits per heavy atom. The van der Waals surface area contributed by atoms with E-state index in [2.05, 4.69) is 55.4 Å². The molecule has 0 aromatic carbocycles. The first kappa shape index (κ1) is 98.1. The number of hydrogen-bond acceptors (Lipinski definition) is 15. The predicted molar refractivity (Wildman–Crippen MR) is 409 cm³/mol. The second kappa shape index (κ2) is 70.1. The highest BCUT2D eigenvalue weighted by Crippen LogP contribution is 2.45. The van der Waals surface area contributed by atoms with E-state index in [-0.39, 0.29) is 25.7 Å². The van der Waals surface area contributed by atoms with Crippen LogP contribution in [-0.4, -0.2) is 96.7 Å². The van der Waals surface area contributed by atoms with Gasteiger partial charge in [0, 0.05) is 25.7 Å². The summed E-state index contributed by atoms with van der Waals surface area (Å²) in [6.07, 6.45) is 57.1. The molecule has 3 N–H and O–H groups in total. The minimum atomic E-state index is -4.96. The SMILES string of the molecule is CCC(C)CCCCCCCCCCCCCCCCC(=O)OC[C@H](COP(=O)(O)OCC(O)COP(=O)(O)OC[C@@H](COC(=O)CCCCCCCCCC(C)C)OC(=O)CCCCCCCCCCCCCCCCCCCCC(C)C)OC(=O)CCCCCCCCCCC(C)C. The van der Waals surface area contributed by atoms with Crippen LogP contribution in [0.5, 0.6) is 0 Å². The van der Waals surface area contributed by atoms with E-state index in [0.717, 1.165) is 108 Å². The van der Waals surface area contributed by atoms with Gasteiger partial charge < -0.3 is 33.8 Å². The number of esters is 4. The molecule has 0 rings (SSSR count). The fraction of sp³-hybridized carbons (Fsp3) is 0.951.